The summed E-state index contributed by atoms with van der Waals surface area (Å²) in [6.45, 7) is 1.26. The lowest BCUT2D eigenvalue weighted by atomic mass is 9.96. The third-order valence-corrected chi connectivity index (χ3v) is 5.41. The number of rotatable bonds is 7. The van der Waals surface area contributed by atoms with Gasteiger partial charge in [0.05, 0.1) is 13.2 Å². The molecule has 1 aliphatic heterocycles. The molecule has 1 heterocycles. The Bertz CT molecular complexity index is 634. The molecule has 2 atom stereocenters. The summed E-state index contributed by atoms with van der Waals surface area (Å²) in [5.41, 5.74) is 0. The maximum Gasteiger partial charge on any atom is 0.318 e. The first-order chi connectivity index (χ1) is 13.7. The molecule has 0 bridgehead atoms. The Labute approximate surface area is 166 Å². The Morgan fingerprint density at radius 3 is 2.61 bits per heavy atom. The highest BCUT2D eigenvalue weighted by molar-refractivity contribution is 5.88. The SMILES string of the molecule is COCCNC(=O)[C@@H]1C[C@H](Oc2ccccc2)CN1C(=O)NC1CCCCC1. The molecule has 1 aromatic carbocycles. The van der Waals surface area contributed by atoms with Crippen molar-refractivity contribution in [2.24, 2.45) is 0 Å². The lowest BCUT2D eigenvalue weighted by molar-refractivity contribution is -0.124. The second-order valence-electron chi connectivity index (χ2n) is 7.53. The largest absolute Gasteiger partial charge is 0.488 e. The van der Waals surface area contributed by atoms with Gasteiger partial charge in [0.25, 0.3) is 0 Å². The van der Waals surface area contributed by atoms with Crippen molar-refractivity contribution in [3.05, 3.63) is 30.3 Å². The van der Waals surface area contributed by atoms with Gasteiger partial charge >= 0.3 is 6.03 Å². The van der Waals surface area contributed by atoms with E-state index >= 15 is 0 Å². The number of likely N-dealkylation sites (tertiary alicyclic amines) is 1. The summed E-state index contributed by atoms with van der Waals surface area (Å²) in [6, 6.07) is 9.02. The molecule has 3 amide bonds. The van der Waals surface area contributed by atoms with Crippen LogP contribution in [0.1, 0.15) is 38.5 Å². The summed E-state index contributed by atoms with van der Waals surface area (Å²) >= 11 is 0. The van der Waals surface area contributed by atoms with E-state index in [-0.39, 0.29) is 24.1 Å². The van der Waals surface area contributed by atoms with Crippen molar-refractivity contribution in [3.63, 3.8) is 0 Å². The smallest absolute Gasteiger partial charge is 0.318 e. The van der Waals surface area contributed by atoms with Crippen molar-refractivity contribution in [3.8, 4) is 5.75 Å². The van der Waals surface area contributed by atoms with E-state index in [0.29, 0.717) is 26.1 Å². The molecular formula is C21H31N3O4. The lowest BCUT2D eigenvalue weighted by Crippen LogP contribution is -2.52. The van der Waals surface area contributed by atoms with Crippen LogP contribution in [0.4, 0.5) is 4.79 Å². The van der Waals surface area contributed by atoms with Crippen molar-refractivity contribution in [1.29, 1.82) is 0 Å². The number of benzene rings is 1. The van der Waals surface area contributed by atoms with Crippen molar-refractivity contribution in [2.75, 3.05) is 26.8 Å². The molecule has 1 aliphatic carbocycles. The number of para-hydroxylation sites is 1. The van der Waals surface area contributed by atoms with Gasteiger partial charge in [0.2, 0.25) is 5.91 Å². The van der Waals surface area contributed by atoms with Crippen LogP contribution >= 0.6 is 0 Å². The molecule has 3 rings (SSSR count). The van der Waals surface area contributed by atoms with E-state index in [1.165, 1.54) is 6.42 Å². The van der Waals surface area contributed by atoms with Crippen LogP contribution in [0.3, 0.4) is 0 Å². The van der Waals surface area contributed by atoms with Crippen LogP contribution in [-0.2, 0) is 9.53 Å². The fourth-order valence-corrected chi connectivity index (χ4v) is 3.95. The number of carbonyl (C=O) groups excluding carboxylic acids is 2. The first-order valence-corrected chi connectivity index (χ1v) is 10.2. The summed E-state index contributed by atoms with van der Waals surface area (Å²) < 4.78 is 11.0. The number of hydrogen-bond donors (Lipinski definition) is 2. The van der Waals surface area contributed by atoms with Crippen LogP contribution in [0.5, 0.6) is 5.75 Å². The third-order valence-electron chi connectivity index (χ3n) is 5.41. The molecule has 2 fully saturated rings. The molecule has 28 heavy (non-hydrogen) atoms. The highest BCUT2D eigenvalue weighted by Gasteiger charge is 2.41. The number of hydrogen-bond acceptors (Lipinski definition) is 4. The van der Waals surface area contributed by atoms with Gasteiger partial charge in [-0.25, -0.2) is 4.79 Å². The zero-order chi connectivity index (χ0) is 19.8. The van der Waals surface area contributed by atoms with Gasteiger partial charge in [-0.3, -0.25) is 4.79 Å². The molecule has 0 unspecified atom stereocenters. The fourth-order valence-electron chi connectivity index (χ4n) is 3.95. The van der Waals surface area contributed by atoms with Crippen LogP contribution in [0, 0.1) is 0 Å². The van der Waals surface area contributed by atoms with Crippen LogP contribution in [0.2, 0.25) is 0 Å². The van der Waals surface area contributed by atoms with Gasteiger partial charge in [-0.05, 0) is 25.0 Å². The molecule has 7 nitrogen and oxygen atoms in total. The van der Waals surface area contributed by atoms with Gasteiger partial charge in [0.15, 0.2) is 0 Å². The second kappa shape index (κ2) is 10.3. The molecule has 0 spiro atoms. The molecule has 1 aromatic rings. The van der Waals surface area contributed by atoms with Crippen molar-refractivity contribution in [1.82, 2.24) is 15.5 Å². The number of urea groups is 1. The Balaban J connectivity index is 1.63. The number of nitrogens with one attached hydrogen (secondary N) is 2. The molecule has 7 heteroatoms. The summed E-state index contributed by atoms with van der Waals surface area (Å²) in [6.07, 6.45) is 5.80. The minimum Gasteiger partial charge on any atom is -0.488 e. The first-order valence-electron chi connectivity index (χ1n) is 10.2. The van der Waals surface area contributed by atoms with Gasteiger partial charge < -0.3 is 25.0 Å². The maximum atomic E-state index is 12.9. The van der Waals surface area contributed by atoms with Crippen LogP contribution in [0.15, 0.2) is 30.3 Å². The molecule has 2 aliphatic rings. The molecule has 1 saturated heterocycles. The number of amides is 3. The van der Waals surface area contributed by atoms with E-state index in [9.17, 15) is 9.59 Å². The quantitative estimate of drug-likeness (QED) is 0.702. The van der Waals surface area contributed by atoms with Gasteiger partial charge in [0.1, 0.15) is 17.9 Å². The van der Waals surface area contributed by atoms with Gasteiger partial charge in [-0.1, -0.05) is 37.5 Å². The predicted molar refractivity (Wildman–Crippen MR) is 106 cm³/mol. The third kappa shape index (κ3) is 5.61. The predicted octanol–water partition coefficient (Wildman–Crippen LogP) is 2.31. The van der Waals surface area contributed by atoms with Crippen molar-refractivity contribution in [2.45, 2.75) is 56.7 Å². The number of ether oxygens (including phenoxy) is 2. The first kappa shape index (κ1) is 20.5. The summed E-state index contributed by atoms with van der Waals surface area (Å²) in [4.78, 5) is 27.2. The highest BCUT2D eigenvalue weighted by Crippen LogP contribution is 2.24. The summed E-state index contributed by atoms with van der Waals surface area (Å²) in [5, 5.41) is 5.98. The Morgan fingerprint density at radius 2 is 1.89 bits per heavy atom. The van der Waals surface area contributed by atoms with Gasteiger partial charge in [-0.15, -0.1) is 0 Å². The molecule has 1 saturated carbocycles. The monoisotopic (exact) mass is 389 g/mol. The molecule has 0 aromatic heterocycles. The zero-order valence-electron chi connectivity index (χ0n) is 16.6. The zero-order valence-corrected chi connectivity index (χ0v) is 16.6. The van der Waals surface area contributed by atoms with Crippen molar-refractivity contribution >= 4 is 11.9 Å². The Morgan fingerprint density at radius 1 is 1.14 bits per heavy atom. The molecule has 0 radical (unpaired) electrons. The standard InChI is InChI=1S/C21H31N3O4/c1-27-13-12-22-20(25)19-14-18(28-17-10-6-3-7-11-17)15-24(19)21(26)23-16-8-4-2-5-9-16/h3,6-7,10-11,16,18-19H,2,4-5,8-9,12-15H2,1H3,(H,22,25)(H,23,26)/t18-,19-/m0/s1. The number of nitrogens with zero attached hydrogens (tertiary/aromatic N) is 1. The van der Waals surface area contributed by atoms with E-state index in [0.717, 1.165) is 31.4 Å². The van der Waals surface area contributed by atoms with E-state index < -0.39 is 6.04 Å². The maximum absolute atomic E-state index is 12.9. The average Bonchev–Trinajstić information content (AvgIpc) is 3.14. The van der Waals surface area contributed by atoms with Crippen LogP contribution in [-0.4, -0.2) is 61.8 Å². The lowest BCUT2D eigenvalue weighted by Gasteiger charge is -2.28. The van der Waals surface area contributed by atoms with E-state index in [4.69, 9.17) is 9.47 Å². The summed E-state index contributed by atoms with van der Waals surface area (Å²) in [7, 11) is 1.59. The van der Waals surface area contributed by atoms with Gasteiger partial charge in [0, 0.05) is 26.1 Å². The Kier molecular flexibility index (Phi) is 7.54. The van der Waals surface area contributed by atoms with Gasteiger partial charge in [-0.2, -0.15) is 0 Å². The van der Waals surface area contributed by atoms with E-state index in [2.05, 4.69) is 10.6 Å². The topological polar surface area (TPSA) is 79.9 Å². The molecular weight excluding hydrogens is 358 g/mol. The number of carbonyl (C=O) groups is 2. The normalized spacial score (nSPS) is 22.7. The second-order valence-corrected chi connectivity index (χ2v) is 7.53. The van der Waals surface area contributed by atoms with Crippen LogP contribution < -0.4 is 15.4 Å². The van der Waals surface area contributed by atoms with E-state index in [1.807, 2.05) is 30.3 Å². The fraction of sp³-hybridized carbons (Fsp3) is 0.619. The number of methoxy groups -OCH3 is 1. The molecule has 154 valence electrons. The summed E-state index contributed by atoms with van der Waals surface area (Å²) in [5.74, 6) is 0.593. The minimum atomic E-state index is -0.533. The average molecular weight is 389 g/mol. The van der Waals surface area contributed by atoms with E-state index in [1.54, 1.807) is 12.0 Å². The van der Waals surface area contributed by atoms with Crippen molar-refractivity contribution < 1.29 is 19.1 Å². The Hall–Kier alpha value is -2.28. The highest BCUT2D eigenvalue weighted by atomic mass is 16.5. The minimum absolute atomic E-state index is 0.157. The van der Waals surface area contributed by atoms with Crippen LogP contribution in [0.25, 0.3) is 0 Å². The molecule has 2 N–H and O–H groups in total.